The Morgan fingerprint density at radius 3 is 2.39 bits per heavy atom. The summed E-state index contributed by atoms with van der Waals surface area (Å²) in [5, 5.41) is 0. The molecule has 0 aliphatic rings. The molecular weight excluding hydrogens is 232 g/mol. The molecule has 0 bridgehead atoms. The number of hydrazine groups is 1. The van der Waals surface area contributed by atoms with E-state index in [0.29, 0.717) is 25.1 Å². The third-order valence-corrected chi connectivity index (χ3v) is 2.33. The van der Waals surface area contributed by atoms with Crippen LogP contribution in [0.3, 0.4) is 0 Å². The van der Waals surface area contributed by atoms with Gasteiger partial charge in [-0.05, 0) is 12.8 Å². The highest BCUT2D eigenvalue weighted by molar-refractivity contribution is 5.79. The van der Waals surface area contributed by atoms with Crippen molar-refractivity contribution in [3.63, 3.8) is 0 Å². The van der Waals surface area contributed by atoms with Crippen molar-refractivity contribution in [3.8, 4) is 0 Å². The van der Waals surface area contributed by atoms with Crippen LogP contribution < -0.4 is 11.3 Å². The lowest BCUT2D eigenvalue weighted by Gasteiger charge is -2.27. The Bertz CT molecular complexity index is 234. The number of guanidine groups is 1. The van der Waals surface area contributed by atoms with E-state index in [-0.39, 0.29) is 6.04 Å². The van der Waals surface area contributed by atoms with Gasteiger partial charge in [0, 0.05) is 27.3 Å². The van der Waals surface area contributed by atoms with Crippen LogP contribution in [0.25, 0.3) is 0 Å². The van der Waals surface area contributed by atoms with E-state index in [2.05, 4.69) is 29.2 Å². The normalized spacial score (nSPS) is 13.8. The van der Waals surface area contributed by atoms with Crippen LogP contribution in [0.4, 0.5) is 0 Å². The summed E-state index contributed by atoms with van der Waals surface area (Å²) in [6.07, 6.45) is 0. The maximum atomic E-state index is 5.56. The van der Waals surface area contributed by atoms with E-state index in [4.69, 9.17) is 15.3 Å². The standard InChI is InChI=1S/C12H28N4O2/c1-10(2)8-16(6-7-17-4)12(15-13)14-11(3)9-18-5/h10-11H,6-9,13H2,1-5H3,(H,14,15). The Labute approximate surface area is 110 Å². The third kappa shape index (κ3) is 7.47. The SMILES string of the molecule is COCCN(CC(C)C)C(=NC(C)COC)NN. The zero-order chi connectivity index (χ0) is 14.0. The van der Waals surface area contributed by atoms with E-state index < -0.39 is 0 Å². The molecule has 0 aliphatic heterocycles. The third-order valence-electron chi connectivity index (χ3n) is 2.33. The molecular formula is C12H28N4O2. The number of nitrogens with two attached hydrogens (primary N) is 1. The van der Waals surface area contributed by atoms with Crippen molar-refractivity contribution in [3.05, 3.63) is 0 Å². The van der Waals surface area contributed by atoms with Crippen molar-refractivity contribution in [1.29, 1.82) is 0 Å². The topological polar surface area (TPSA) is 72.1 Å². The Hall–Kier alpha value is -0.850. The molecule has 0 saturated carbocycles. The van der Waals surface area contributed by atoms with Crippen LogP contribution in [0.1, 0.15) is 20.8 Å². The number of aliphatic imine (C=N–C) groups is 1. The van der Waals surface area contributed by atoms with Crippen molar-refractivity contribution in [1.82, 2.24) is 10.3 Å². The smallest absolute Gasteiger partial charge is 0.208 e. The molecule has 108 valence electrons. The summed E-state index contributed by atoms with van der Waals surface area (Å²) in [4.78, 5) is 6.61. The molecule has 0 fully saturated rings. The first kappa shape index (κ1) is 17.2. The predicted molar refractivity (Wildman–Crippen MR) is 74.4 cm³/mol. The zero-order valence-electron chi connectivity index (χ0n) is 12.3. The molecule has 6 nitrogen and oxygen atoms in total. The molecule has 0 aromatic carbocycles. The summed E-state index contributed by atoms with van der Waals surface area (Å²) in [5.74, 6) is 6.77. The van der Waals surface area contributed by atoms with E-state index >= 15 is 0 Å². The lowest BCUT2D eigenvalue weighted by Crippen LogP contribution is -2.48. The molecule has 0 rings (SSSR count). The number of nitrogens with zero attached hydrogens (tertiary/aromatic N) is 2. The summed E-state index contributed by atoms with van der Waals surface area (Å²) in [7, 11) is 3.35. The second kappa shape index (κ2) is 10.1. The molecule has 0 aromatic rings. The van der Waals surface area contributed by atoms with Crippen molar-refractivity contribution in [2.75, 3.05) is 40.5 Å². The van der Waals surface area contributed by atoms with Gasteiger partial charge >= 0.3 is 0 Å². The Morgan fingerprint density at radius 2 is 1.94 bits per heavy atom. The van der Waals surface area contributed by atoms with Crippen molar-refractivity contribution >= 4 is 5.96 Å². The van der Waals surface area contributed by atoms with Crippen LogP contribution in [0.15, 0.2) is 4.99 Å². The van der Waals surface area contributed by atoms with Gasteiger partial charge in [0.1, 0.15) is 0 Å². The van der Waals surface area contributed by atoms with Crippen molar-refractivity contribution < 1.29 is 9.47 Å². The average molecular weight is 260 g/mol. The van der Waals surface area contributed by atoms with Gasteiger partial charge in [0.05, 0.1) is 19.3 Å². The highest BCUT2D eigenvalue weighted by atomic mass is 16.5. The van der Waals surface area contributed by atoms with Crippen molar-refractivity contribution in [2.45, 2.75) is 26.8 Å². The number of rotatable bonds is 8. The van der Waals surface area contributed by atoms with Crippen LogP contribution in [0, 0.1) is 5.92 Å². The molecule has 0 aromatic heterocycles. The first-order valence-corrected chi connectivity index (χ1v) is 6.32. The molecule has 0 saturated heterocycles. The number of hydrogen-bond donors (Lipinski definition) is 2. The Morgan fingerprint density at radius 1 is 1.28 bits per heavy atom. The molecule has 0 radical (unpaired) electrons. The molecule has 3 N–H and O–H groups in total. The average Bonchev–Trinajstić information content (AvgIpc) is 2.31. The minimum Gasteiger partial charge on any atom is -0.383 e. The predicted octanol–water partition coefficient (Wildman–Crippen LogP) is 0.445. The fourth-order valence-electron chi connectivity index (χ4n) is 1.62. The van der Waals surface area contributed by atoms with Crippen LogP contribution in [-0.2, 0) is 9.47 Å². The number of nitrogens with one attached hydrogen (secondary N) is 1. The highest BCUT2D eigenvalue weighted by Gasteiger charge is 2.13. The minimum atomic E-state index is 0.0678. The lowest BCUT2D eigenvalue weighted by molar-refractivity contribution is 0.168. The van der Waals surface area contributed by atoms with Gasteiger partial charge in [-0.2, -0.15) is 0 Å². The van der Waals surface area contributed by atoms with Gasteiger partial charge in [0.15, 0.2) is 0 Å². The Kier molecular flexibility index (Phi) is 9.63. The molecule has 6 heteroatoms. The first-order valence-electron chi connectivity index (χ1n) is 6.32. The summed E-state index contributed by atoms with van der Waals surface area (Å²) in [5.41, 5.74) is 2.67. The second-order valence-corrected chi connectivity index (χ2v) is 4.73. The fourth-order valence-corrected chi connectivity index (χ4v) is 1.62. The molecule has 0 spiro atoms. The first-order chi connectivity index (χ1) is 8.54. The number of methoxy groups -OCH3 is 2. The van der Waals surface area contributed by atoms with E-state index in [9.17, 15) is 0 Å². The number of ether oxygens (including phenoxy) is 2. The van der Waals surface area contributed by atoms with Gasteiger partial charge in [0.25, 0.3) is 0 Å². The molecule has 1 unspecified atom stereocenters. The fraction of sp³-hybridized carbons (Fsp3) is 0.917. The summed E-state index contributed by atoms with van der Waals surface area (Å²) in [6.45, 7) is 9.17. The summed E-state index contributed by atoms with van der Waals surface area (Å²) >= 11 is 0. The molecule has 0 amide bonds. The van der Waals surface area contributed by atoms with Crippen LogP contribution in [-0.4, -0.2) is 57.4 Å². The molecule has 18 heavy (non-hydrogen) atoms. The highest BCUT2D eigenvalue weighted by Crippen LogP contribution is 2.01. The summed E-state index contributed by atoms with van der Waals surface area (Å²) in [6, 6.07) is 0.0678. The van der Waals surface area contributed by atoms with Crippen molar-refractivity contribution in [2.24, 2.45) is 16.8 Å². The Balaban J connectivity index is 4.66. The van der Waals surface area contributed by atoms with Crippen LogP contribution in [0.2, 0.25) is 0 Å². The van der Waals surface area contributed by atoms with Crippen LogP contribution in [0.5, 0.6) is 0 Å². The molecule has 1 atom stereocenters. The van der Waals surface area contributed by atoms with E-state index in [1.54, 1.807) is 14.2 Å². The monoisotopic (exact) mass is 260 g/mol. The van der Waals surface area contributed by atoms with Crippen LogP contribution >= 0.6 is 0 Å². The van der Waals surface area contributed by atoms with E-state index in [0.717, 1.165) is 13.1 Å². The van der Waals surface area contributed by atoms with Gasteiger partial charge in [-0.25, -0.2) is 10.8 Å². The van der Waals surface area contributed by atoms with Gasteiger partial charge < -0.3 is 14.4 Å². The van der Waals surface area contributed by atoms with Gasteiger partial charge in [-0.15, -0.1) is 0 Å². The van der Waals surface area contributed by atoms with E-state index in [1.807, 2.05) is 6.92 Å². The number of hydrogen-bond acceptors (Lipinski definition) is 4. The maximum absolute atomic E-state index is 5.56. The lowest BCUT2D eigenvalue weighted by atomic mass is 10.2. The summed E-state index contributed by atoms with van der Waals surface area (Å²) < 4.78 is 10.2. The molecule has 0 aliphatic carbocycles. The quantitative estimate of drug-likeness (QED) is 0.287. The zero-order valence-corrected chi connectivity index (χ0v) is 12.3. The largest absolute Gasteiger partial charge is 0.383 e. The molecule has 0 heterocycles. The van der Waals surface area contributed by atoms with Gasteiger partial charge in [-0.1, -0.05) is 13.8 Å². The van der Waals surface area contributed by atoms with Gasteiger partial charge in [-0.3, -0.25) is 5.43 Å². The minimum absolute atomic E-state index is 0.0678. The maximum Gasteiger partial charge on any atom is 0.208 e. The van der Waals surface area contributed by atoms with E-state index in [1.165, 1.54) is 0 Å². The van der Waals surface area contributed by atoms with Gasteiger partial charge in [0.2, 0.25) is 5.96 Å². The second-order valence-electron chi connectivity index (χ2n) is 4.73.